The summed E-state index contributed by atoms with van der Waals surface area (Å²) >= 11 is 0. The third-order valence-corrected chi connectivity index (χ3v) is 5.03. The number of fused-ring (bicyclic) bond motifs is 2. The Bertz CT molecular complexity index is 1170. The highest BCUT2D eigenvalue weighted by Gasteiger charge is 2.23. The van der Waals surface area contributed by atoms with Gasteiger partial charge in [-0.15, -0.1) is 0 Å². The predicted octanol–water partition coefficient (Wildman–Crippen LogP) is 3.25. The summed E-state index contributed by atoms with van der Waals surface area (Å²) in [6.45, 7) is 2.44. The number of amides is 1. The van der Waals surface area contributed by atoms with Crippen molar-refractivity contribution in [2.45, 2.75) is 19.9 Å². The van der Waals surface area contributed by atoms with E-state index in [0.29, 0.717) is 29.6 Å². The molecule has 0 unspecified atom stereocenters. The number of aryl methyl sites for hydroxylation is 1. The molecule has 2 aromatic carbocycles. The molecule has 1 aliphatic heterocycles. The molecule has 150 valence electrons. The normalized spacial score (nSPS) is 14.1. The molecule has 0 saturated heterocycles. The minimum atomic E-state index is -0.784. The lowest BCUT2D eigenvalue weighted by atomic mass is 10.0. The maximum atomic E-state index is 13.8. The molecular formula is C21H18F3N3O2. The molecule has 2 N–H and O–H groups in total. The van der Waals surface area contributed by atoms with Crippen LogP contribution < -0.4 is 10.7 Å². The Labute approximate surface area is 164 Å². The number of nitrogens with one attached hydrogen (secondary N) is 2. The number of carbonyl (C=O) groups excluding carboxylic acids is 1. The van der Waals surface area contributed by atoms with E-state index >= 15 is 0 Å². The summed E-state index contributed by atoms with van der Waals surface area (Å²) in [5.41, 5.74) is 2.33. The summed E-state index contributed by atoms with van der Waals surface area (Å²) in [4.78, 5) is 30.1. The zero-order valence-corrected chi connectivity index (χ0v) is 15.6. The largest absolute Gasteiger partial charge is 0.358 e. The van der Waals surface area contributed by atoms with Crippen molar-refractivity contribution in [2.75, 3.05) is 18.4 Å². The minimum absolute atomic E-state index is 0.0275. The number of benzene rings is 2. The molecular weight excluding hydrogens is 383 g/mol. The maximum Gasteiger partial charge on any atom is 0.238 e. The van der Waals surface area contributed by atoms with Crippen LogP contribution in [0.3, 0.4) is 0 Å². The first-order valence-corrected chi connectivity index (χ1v) is 9.12. The van der Waals surface area contributed by atoms with Crippen LogP contribution in [0, 0.1) is 24.4 Å². The molecule has 0 aliphatic carbocycles. The third-order valence-electron chi connectivity index (χ3n) is 5.03. The molecule has 1 aliphatic rings. The van der Waals surface area contributed by atoms with Crippen LogP contribution in [0.2, 0.25) is 0 Å². The smallest absolute Gasteiger partial charge is 0.238 e. The number of anilines is 1. The zero-order chi connectivity index (χ0) is 20.7. The molecule has 1 aromatic heterocycles. The number of pyridine rings is 1. The van der Waals surface area contributed by atoms with Gasteiger partial charge in [-0.05, 0) is 36.8 Å². The zero-order valence-electron chi connectivity index (χ0n) is 15.6. The number of hydrogen-bond acceptors (Lipinski definition) is 3. The third kappa shape index (κ3) is 3.88. The van der Waals surface area contributed by atoms with Gasteiger partial charge in [0, 0.05) is 47.9 Å². The number of H-pyrrole nitrogens is 1. The second kappa shape index (κ2) is 7.36. The van der Waals surface area contributed by atoms with Crippen LogP contribution in [0.1, 0.15) is 16.8 Å². The summed E-state index contributed by atoms with van der Waals surface area (Å²) in [6, 6.07) is 5.36. The highest BCUT2D eigenvalue weighted by atomic mass is 19.1. The van der Waals surface area contributed by atoms with Crippen LogP contribution in [-0.4, -0.2) is 28.9 Å². The van der Waals surface area contributed by atoms with Crippen LogP contribution in [0.5, 0.6) is 0 Å². The van der Waals surface area contributed by atoms with Crippen molar-refractivity contribution in [1.82, 2.24) is 9.88 Å². The number of hydrogen-bond donors (Lipinski definition) is 2. The summed E-state index contributed by atoms with van der Waals surface area (Å²) < 4.78 is 40.3. The first kappa shape index (κ1) is 19.2. The fraction of sp³-hybridized carbons (Fsp3) is 0.238. The molecule has 0 atom stereocenters. The Balaban J connectivity index is 1.54. The van der Waals surface area contributed by atoms with Crippen LogP contribution in [0.15, 0.2) is 35.1 Å². The standard InChI is InChI=1S/C21H18F3N3O2/c1-11-4-12(22)8-16-20(11)26-18-2-3-27(9-17(18)21(16)29)10-19(28)25-15-6-13(23)5-14(24)7-15/h4-8H,2-3,9-10H2,1H3,(H,25,28)(H,26,29). The Kier molecular flexibility index (Phi) is 4.87. The number of aromatic amines is 1. The van der Waals surface area contributed by atoms with Crippen molar-refractivity contribution in [3.05, 3.63) is 74.8 Å². The molecule has 29 heavy (non-hydrogen) atoms. The molecule has 0 radical (unpaired) electrons. The van der Waals surface area contributed by atoms with E-state index < -0.39 is 23.4 Å². The quantitative estimate of drug-likeness (QED) is 0.708. The second-order valence-corrected chi connectivity index (χ2v) is 7.22. The molecule has 0 bridgehead atoms. The lowest BCUT2D eigenvalue weighted by molar-refractivity contribution is -0.117. The van der Waals surface area contributed by atoms with Crippen LogP contribution in [0.4, 0.5) is 18.9 Å². The van der Waals surface area contributed by atoms with Crippen LogP contribution in [-0.2, 0) is 17.8 Å². The molecule has 8 heteroatoms. The van der Waals surface area contributed by atoms with Gasteiger partial charge in [0.05, 0.1) is 12.1 Å². The van der Waals surface area contributed by atoms with Crippen molar-refractivity contribution in [1.29, 1.82) is 0 Å². The van der Waals surface area contributed by atoms with Crippen molar-refractivity contribution < 1.29 is 18.0 Å². The van der Waals surface area contributed by atoms with E-state index in [9.17, 15) is 22.8 Å². The van der Waals surface area contributed by atoms with E-state index in [1.54, 1.807) is 11.8 Å². The molecule has 0 fully saturated rings. The highest BCUT2D eigenvalue weighted by Crippen LogP contribution is 2.21. The number of rotatable bonds is 3. The molecule has 5 nitrogen and oxygen atoms in total. The number of aromatic nitrogens is 1. The summed E-state index contributed by atoms with van der Waals surface area (Å²) in [7, 11) is 0. The van der Waals surface area contributed by atoms with Crippen LogP contribution in [0.25, 0.3) is 10.9 Å². The Morgan fingerprint density at radius 3 is 2.52 bits per heavy atom. The topological polar surface area (TPSA) is 65.2 Å². The van der Waals surface area contributed by atoms with E-state index in [1.807, 2.05) is 0 Å². The van der Waals surface area contributed by atoms with E-state index in [4.69, 9.17) is 0 Å². The van der Waals surface area contributed by atoms with E-state index in [0.717, 1.165) is 23.9 Å². The van der Waals surface area contributed by atoms with E-state index in [1.165, 1.54) is 12.1 Å². The van der Waals surface area contributed by atoms with Gasteiger partial charge >= 0.3 is 0 Å². The van der Waals surface area contributed by atoms with Gasteiger partial charge in [0.2, 0.25) is 5.91 Å². The van der Waals surface area contributed by atoms with Gasteiger partial charge in [0.1, 0.15) is 17.5 Å². The summed E-state index contributed by atoms with van der Waals surface area (Å²) in [5.74, 6) is -2.49. The molecule has 3 aromatic rings. The predicted molar refractivity (Wildman–Crippen MR) is 103 cm³/mol. The second-order valence-electron chi connectivity index (χ2n) is 7.22. The van der Waals surface area contributed by atoms with Gasteiger partial charge in [0.25, 0.3) is 0 Å². The first-order valence-electron chi connectivity index (χ1n) is 9.12. The molecule has 1 amide bonds. The molecule has 4 rings (SSSR count). The van der Waals surface area contributed by atoms with Crippen molar-refractivity contribution in [3.8, 4) is 0 Å². The van der Waals surface area contributed by atoms with Gasteiger partial charge in [-0.25, -0.2) is 13.2 Å². The fourth-order valence-electron chi connectivity index (χ4n) is 3.73. The van der Waals surface area contributed by atoms with Crippen molar-refractivity contribution in [3.63, 3.8) is 0 Å². The monoisotopic (exact) mass is 401 g/mol. The molecule has 0 spiro atoms. The number of halogens is 3. The lowest BCUT2D eigenvalue weighted by Gasteiger charge is -2.28. The average Bonchev–Trinajstić information content (AvgIpc) is 2.62. The van der Waals surface area contributed by atoms with Crippen LogP contribution >= 0.6 is 0 Å². The van der Waals surface area contributed by atoms with Gasteiger partial charge in [-0.3, -0.25) is 14.5 Å². The van der Waals surface area contributed by atoms with E-state index in [-0.39, 0.29) is 29.6 Å². The summed E-state index contributed by atoms with van der Waals surface area (Å²) in [5, 5.41) is 2.74. The average molecular weight is 401 g/mol. The SMILES string of the molecule is Cc1cc(F)cc2c(=O)c3c([nH]c12)CCN(CC(=O)Nc1cc(F)cc(F)c1)C3. The molecule has 0 saturated carbocycles. The minimum Gasteiger partial charge on any atom is -0.358 e. The Hall–Kier alpha value is -3.13. The Morgan fingerprint density at radius 1 is 1.10 bits per heavy atom. The molecule has 2 heterocycles. The van der Waals surface area contributed by atoms with Crippen molar-refractivity contribution >= 4 is 22.5 Å². The number of nitrogens with zero attached hydrogens (tertiary/aromatic N) is 1. The fourth-order valence-corrected chi connectivity index (χ4v) is 3.73. The van der Waals surface area contributed by atoms with Gasteiger partial charge in [-0.2, -0.15) is 0 Å². The van der Waals surface area contributed by atoms with Gasteiger partial charge in [0.15, 0.2) is 5.43 Å². The Morgan fingerprint density at radius 2 is 1.79 bits per heavy atom. The highest BCUT2D eigenvalue weighted by molar-refractivity contribution is 5.92. The maximum absolute atomic E-state index is 13.8. The van der Waals surface area contributed by atoms with E-state index in [2.05, 4.69) is 10.3 Å². The van der Waals surface area contributed by atoms with Gasteiger partial charge < -0.3 is 10.3 Å². The lowest BCUT2D eigenvalue weighted by Crippen LogP contribution is -2.39. The summed E-state index contributed by atoms with van der Waals surface area (Å²) in [6.07, 6.45) is 0.527. The number of carbonyl (C=O) groups is 1. The van der Waals surface area contributed by atoms with Gasteiger partial charge in [-0.1, -0.05) is 0 Å². The van der Waals surface area contributed by atoms with Crippen molar-refractivity contribution in [2.24, 2.45) is 0 Å². The first-order chi connectivity index (χ1) is 13.8.